The van der Waals surface area contributed by atoms with Crippen molar-refractivity contribution in [3.63, 3.8) is 0 Å². The predicted molar refractivity (Wildman–Crippen MR) is 92.8 cm³/mol. The van der Waals surface area contributed by atoms with E-state index in [9.17, 15) is 13.2 Å². The van der Waals surface area contributed by atoms with E-state index in [4.69, 9.17) is 5.73 Å². The first kappa shape index (κ1) is 17.7. The zero-order chi connectivity index (χ0) is 17.0. The van der Waals surface area contributed by atoms with Gasteiger partial charge in [0, 0.05) is 17.6 Å². The van der Waals surface area contributed by atoms with Crippen LogP contribution in [0.2, 0.25) is 0 Å². The summed E-state index contributed by atoms with van der Waals surface area (Å²) < 4.78 is 26.4. The number of amides is 1. The Balaban J connectivity index is 2.12. The number of nitrogens with two attached hydrogens (primary N) is 1. The van der Waals surface area contributed by atoms with Crippen molar-refractivity contribution < 1.29 is 13.2 Å². The van der Waals surface area contributed by atoms with E-state index < -0.39 is 10.0 Å². The van der Waals surface area contributed by atoms with Crippen LogP contribution in [0.5, 0.6) is 0 Å². The highest BCUT2D eigenvalue weighted by Gasteiger charge is 2.28. The van der Waals surface area contributed by atoms with E-state index >= 15 is 0 Å². The van der Waals surface area contributed by atoms with Gasteiger partial charge in [-0.2, -0.15) is 0 Å². The smallest absolute Gasteiger partial charge is 0.232 e. The van der Waals surface area contributed by atoms with Crippen molar-refractivity contribution in [2.75, 3.05) is 15.8 Å². The second-order valence-corrected chi connectivity index (χ2v) is 8.00. The van der Waals surface area contributed by atoms with Gasteiger partial charge in [-0.1, -0.05) is 13.0 Å². The highest BCUT2D eigenvalue weighted by atomic mass is 32.2. The van der Waals surface area contributed by atoms with E-state index in [0.29, 0.717) is 29.8 Å². The Kier molecular flexibility index (Phi) is 5.64. The molecule has 0 bridgehead atoms. The molecule has 1 fully saturated rings. The SMILES string of the molecule is CCCS(=O)(=O)Nc1cccc(NC(=O)C2CCC(N)C2)c1C. The topological polar surface area (TPSA) is 101 Å². The molecular weight excluding hydrogens is 314 g/mol. The van der Waals surface area contributed by atoms with Crippen molar-refractivity contribution in [3.05, 3.63) is 23.8 Å². The molecule has 1 aromatic rings. The first-order valence-corrected chi connectivity index (χ1v) is 9.64. The number of hydrogen-bond donors (Lipinski definition) is 3. The minimum Gasteiger partial charge on any atom is -0.328 e. The van der Waals surface area contributed by atoms with Gasteiger partial charge >= 0.3 is 0 Å². The third-order valence-corrected chi connectivity index (χ3v) is 5.65. The monoisotopic (exact) mass is 339 g/mol. The minimum atomic E-state index is -3.35. The Morgan fingerprint density at radius 1 is 1.30 bits per heavy atom. The number of carbonyl (C=O) groups is 1. The maximum Gasteiger partial charge on any atom is 0.232 e. The van der Waals surface area contributed by atoms with Crippen LogP contribution in [0.25, 0.3) is 0 Å². The molecule has 7 heteroatoms. The summed E-state index contributed by atoms with van der Waals surface area (Å²) in [6, 6.07) is 5.30. The first-order valence-electron chi connectivity index (χ1n) is 7.99. The fraction of sp³-hybridized carbons (Fsp3) is 0.562. The Morgan fingerprint density at radius 3 is 2.61 bits per heavy atom. The quantitative estimate of drug-likeness (QED) is 0.739. The third kappa shape index (κ3) is 4.68. The first-order chi connectivity index (χ1) is 10.8. The zero-order valence-electron chi connectivity index (χ0n) is 13.6. The van der Waals surface area contributed by atoms with Gasteiger partial charge < -0.3 is 11.1 Å². The van der Waals surface area contributed by atoms with Gasteiger partial charge in [-0.05, 0) is 50.3 Å². The van der Waals surface area contributed by atoms with Crippen molar-refractivity contribution in [3.8, 4) is 0 Å². The normalized spacial score (nSPS) is 21.2. The van der Waals surface area contributed by atoms with Crippen LogP contribution >= 0.6 is 0 Å². The van der Waals surface area contributed by atoms with Crippen molar-refractivity contribution in [1.29, 1.82) is 0 Å². The van der Waals surface area contributed by atoms with E-state index in [1.165, 1.54) is 0 Å². The Bertz CT molecular complexity index is 673. The minimum absolute atomic E-state index is 0.0467. The Hall–Kier alpha value is -1.60. The van der Waals surface area contributed by atoms with Crippen molar-refractivity contribution >= 4 is 27.3 Å². The summed E-state index contributed by atoms with van der Waals surface area (Å²) >= 11 is 0. The lowest BCUT2D eigenvalue weighted by molar-refractivity contribution is -0.119. The van der Waals surface area contributed by atoms with Crippen LogP contribution in [-0.2, 0) is 14.8 Å². The summed E-state index contributed by atoms with van der Waals surface area (Å²) in [4.78, 5) is 12.3. The maximum atomic E-state index is 12.3. The second-order valence-electron chi connectivity index (χ2n) is 6.16. The van der Waals surface area contributed by atoms with Crippen LogP contribution < -0.4 is 15.8 Å². The molecule has 1 amide bonds. The molecule has 1 aliphatic carbocycles. The van der Waals surface area contributed by atoms with Gasteiger partial charge in [0.1, 0.15) is 0 Å². The van der Waals surface area contributed by atoms with Crippen molar-refractivity contribution in [1.82, 2.24) is 0 Å². The lowest BCUT2D eigenvalue weighted by atomic mass is 10.1. The average Bonchev–Trinajstić information content (AvgIpc) is 2.89. The van der Waals surface area contributed by atoms with Gasteiger partial charge in [0.2, 0.25) is 15.9 Å². The summed E-state index contributed by atoms with van der Waals surface area (Å²) in [5.74, 6) is -0.0392. The molecule has 4 N–H and O–H groups in total. The molecule has 1 saturated carbocycles. The molecule has 0 aliphatic heterocycles. The summed E-state index contributed by atoms with van der Waals surface area (Å²) in [6.45, 7) is 3.61. The number of benzene rings is 1. The average molecular weight is 339 g/mol. The van der Waals surface area contributed by atoms with Crippen LogP contribution in [0.3, 0.4) is 0 Å². The number of carbonyl (C=O) groups excluding carboxylic acids is 1. The van der Waals surface area contributed by atoms with Crippen molar-refractivity contribution in [2.24, 2.45) is 11.7 Å². The lowest BCUT2D eigenvalue weighted by Crippen LogP contribution is -2.24. The fourth-order valence-electron chi connectivity index (χ4n) is 2.86. The molecule has 2 atom stereocenters. The molecule has 6 nitrogen and oxygen atoms in total. The lowest BCUT2D eigenvalue weighted by Gasteiger charge is -2.16. The van der Waals surface area contributed by atoms with Gasteiger partial charge in [0.25, 0.3) is 0 Å². The van der Waals surface area contributed by atoms with Gasteiger partial charge in [-0.25, -0.2) is 8.42 Å². The van der Waals surface area contributed by atoms with Gasteiger partial charge in [0.05, 0.1) is 11.4 Å². The van der Waals surface area contributed by atoms with E-state index in [-0.39, 0.29) is 23.6 Å². The molecule has 1 aliphatic rings. The van der Waals surface area contributed by atoms with E-state index in [0.717, 1.165) is 12.8 Å². The van der Waals surface area contributed by atoms with Gasteiger partial charge in [-0.3, -0.25) is 9.52 Å². The Morgan fingerprint density at radius 2 is 2.00 bits per heavy atom. The van der Waals surface area contributed by atoms with E-state index in [1.807, 2.05) is 6.92 Å². The molecular formula is C16H25N3O3S. The fourth-order valence-corrected chi connectivity index (χ4v) is 4.05. The molecule has 0 saturated heterocycles. The summed E-state index contributed by atoms with van der Waals surface area (Å²) in [5.41, 5.74) is 7.69. The highest BCUT2D eigenvalue weighted by Crippen LogP contribution is 2.28. The summed E-state index contributed by atoms with van der Waals surface area (Å²) in [7, 11) is -3.35. The van der Waals surface area contributed by atoms with Crippen LogP contribution in [0.4, 0.5) is 11.4 Å². The highest BCUT2D eigenvalue weighted by molar-refractivity contribution is 7.92. The van der Waals surface area contributed by atoms with Crippen LogP contribution in [0.15, 0.2) is 18.2 Å². The predicted octanol–water partition coefficient (Wildman–Crippen LogP) is 2.21. The molecule has 2 unspecified atom stereocenters. The Labute approximate surface area is 137 Å². The van der Waals surface area contributed by atoms with E-state index in [2.05, 4.69) is 10.0 Å². The summed E-state index contributed by atoms with van der Waals surface area (Å²) in [5, 5.41) is 2.90. The largest absolute Gasteiger partial charge is 0.328 e. The maximum absolute atomic E-state index is 12.3. The molecule has 2 rings (SSSR count). The molecule has 0 spiro atoms. The molecule has 0 aromatic heterocycles. The molecule has 23 heavy (non-hydrogen) atoms. The van der Waals surface area contributed by atoms with Gasteiger partial charge in [-0.15, -0.1) is 0 Å². The standard InChI is InChI=1S/C16H25N3O3S/c1-3-9-23(21,22)19-15-6-4-5-14(11(15)2)18-16(20)12-7-8-13(17)10-12/h4-6,12-13,19H,3,7-10,17H2,1-2H3,(H,18,20). The zero-order valence-corrected chi connectivity index (χ0v) is 14.4. The third-order valence-electron chi connectivity index (χ3n) is 4.17. The number of hydrogen-bond acceptors (Lipinski definition) is 4. The number of anilines is 2. The van der Waals surface area contributed by atoms with Gasteiger partial charge in [0.15, 0.2) is 0 Å². The number of rotatable bonds is 6. The molecule has 1 aromatic carbocycles. The number of sulfonamides is 1. The second kappa shape index (κ2) is 7.31. The van der Waals surface area contributed by atoms with Crippen LogP contribution in [0.1, 0.15) is 38.2 Å². The van der Waals surface area contributed by atoms with E-state index in [1.54, 1.807) is 25.1 Å². The van der Waals surface area contributed by atoms with Crippen molar-refractivity contribution in [2.45, 2.75) is 45.6 Å². The molecule has 0 heterocycles. The number of nitrogens with one attached hydrogen (secondary N) is 2. The van der Waals surface area contributed by atoms with Crippen LogP contribution in [-0.4, -0.2) is 26.1 Å². The molecule has 128 valence electrons. The molecule has 0 radical (unpaired) electrons. The van der Waals surface area contributed by atoms with Crippen LogP contribution in [0, 0.1) is 12.8 Å². The summed E-state index contributed by atoms with van der Waals surface area (Å²) in [6.07, 6.45) is 2.92.